The number of carbonyl (C=O) groups excluding carboxylic acids is 1. The van der Waals surface area contributed by atoms with Crippen molar-refractivity contribution in [3.8, 4) is 0 Å². The van der Waals surface area contributed by atoms with Gasteiger partial charge in [0.05, 0.1) is 19.8 Å². The van der Waals surface area contributed by atoms with Crippen LogP contribution in [0.5, 0.6) is 0 Å². The summed E-state index contributed by atoms with van der Waals surface area (Å²) in [6.45, 7) is 8.45. The second kappa shape index (κ2) is 5.74. The lowest BCUT2D eigenvalue weighted by Crippen LogP contribution is -3.00. The highest BCUT2D eigenvalue weighted by Crippen LogP contribution is 2.24. The third kappa shape index (κ3) is 3.57. The molecule has 0 aromatic rings. The summed E-state index contributed by atoms with van der Waals surface area (Å²) in [6, 6.07) is 0. The third-order valence-corrected chi connectivity index (χ3v) is 3.71. The van der Waals surface area contributed by atoms with Crippen LogP contribution in [0.25, 0.3) is 0 Å². The quantitative estimate of drug-likeness (QED) is 0.430. The van der Waals surface area contributed by atoms with Gasteiger partial charge in [-0.1, -0.05) is 0 Å². The van der Waals surface area contributed by atoms with Gasteiger partial charge < -0.3 is 31.5 Å². The van der Waals surface area contributed by atoms with E-state index in [4.69, 9.17) is 9.47 Å². The molecule has 0 radical (unpaired) electrons. The normalized spacial score (nSPS) is 26.7. The van der Waals surface area contributed by atoms with Crippen molar-refractivity contribution in [2.75, 3.05) is 39.4 Å². The Bertz CT molecular complexity index is 297. The van der Waals surface area contributed by atoms with Gasteiger partial charge in [0.15, 0.2) is 11.7 Å². The van der Waals surface area contributed by atoms with Gasteiger partial charge in [-0.3, -0.25) is 0 Å². The summed E-state index contributed by atoms with van der Waals surface area (Å²) < 4.78 is 11.7. The van der Waals surface area contributed by atoms with E-state index in [1.165, 1.54) is 13.8 Å². The molecule has 2 aliphatic rings. The first kappa shape index (κ1) is 15.7. The lowest BCUT2D eigenvalue weighted by atomic mass is 10.1. The number of esters is 1. The van der Waals surface area contributed by atoms with Crippen molar-refractivity contribution in [2.24, 2.45) is 0 Å². The van der Waals surface area contributed by atoms with E-state index in [9.17, 15) is 9.90 Å². The molecule has 0 saturated carbocycles. The molecule has 5 nitrogen and oxygen atoms in total. The molecular formula is C12H22ClNO4. The summed E-state index contributed by atoms with van der Waals surface area (Å²) in [4.78, 5) is 11.6. The first-order chi connectivity index (χ1) is 7.91. The van der Waals surface area contributed by atoms with E-state index in [0.29, 0.717) is 0 Å². The highest BCUT2D eigenvalue weighted by atomic mass is 35.5. The van der Waals surface area contributed by atoms with Crippen molar-refractivity contribution in [3.05, 3.63) is 0 Å². The number of ether oxygens (including phenoxy) is 2. The summed E-state index contributed by atoms with van der Waals surface area (Å²) in [5.41, 5.74) is -1.39. The predicted octanol–water partition coefficient (Wildman–Crippen LogP) is -3.08. The van der Waals surface area contributed by atoms with Crippen molar-refractivity contribution in [3.63, 3.8) is 0 Å². The predicted molar refractivity (Wildman–Crippen MR) is 61.3 cm³/mol. The second-order valence-electron chi connectivity index (χ2n) is 5.68. The summed E-state index contributed by atoms with van der Waals surface area (Å²) in [6.07, 6.45) is 0.842. The molecule has 2 fully saturated rings. The van der Waals surface area contributed by atoms with Crippen LogP contribution in [0.2, 0.25) is 0 Å². The number of hydrogen-bond acceptors (Lipinski definition) is 4. The minimum Gasteiger partial charge on any atom is -1.00 e. The van der Waals surface area contributed by atoms with E-state index in [-0.39, 0.29) is 18.5 Å². The Morgan fingerprint density at radius 1 is 1.33 bits per heavy atom. The number of morpholine rings is 1. The summed E-state index contributed by atoms with van der Waals surface area (Å²) in [5, 5.41) is 9.55. The van der Waals surface area contributed by atoms with Crippen LogP contribution >= 0.6 is 0 Å². The van der Waals surface area contributed by atoms with Gasteiger partial charge >= 0.3 is 5.97 Å². The molecule has 0 aromatic heterocycles. The van der Waals surface area contributed by atoms with E-state index in [0.717, 1.165) is 50.3 Å². The summed E-state index contributed by atoms with van der Waals surface area (Å²) in [7, 11) is 0. The van der Waals surface area contributed by atoms with Crippen LogP contribution in [0, 0.1) is 0 Å². The van der Waals surface area contributed by atoms with Crippen molar-refractivity contribution in [1.82, 2.24) is 0 Å². The number of hydrogen-bond donors (Lipinski definition) is 1. The lowest BCUT2D eigenvalue weighted by molar-refractivity contribution is -0.925. The molecule has 2 saturated heterocycles. The molecule has 1 unspecified atom stereocenters. The number of rotatable bonds is 2. The SMILES string of the molecule is CC(C)(O)C(=O)OC1CC[N+]2(CCOCC2)C1.[Cl-]. The molecule has 2 aliphatic heterocycles. The highest BCUT2D eigenvalue weighted by molar-refractivity contribution is 5.78. The molecule has 0 amide bonds. The van der Waals surface area contributed by atoms with Gasteiger partial charge in [0, 0.05) is 6.42 Å². The zero-order valence-electron chi connectivity index (χ0n) is 11.0. The fourth-order valence-electron chi connectivity index (χ4n) is 2.56. The van der Waals surface area contributed by atoms with E-state index < -0.39 is 11.6 Å². The average Bonchev–Trinajstić information content (AvgIpc) is 2.61. The van der Waals surface area contributed by atoms with Crippen LogP contribution in [0.3, 0.4) is 0 Å². The first-order valence-corrected chi connectivity index (χ1v) is 6.28. The van der Waals surface area contributed by atoms with Crippen molar-refractivity contribution in [2.45, 2.75) is 32.0 Å². The number of aliphatic hydroxyl groups is 1. The largest absolute Gasteiger partial charge is 1.00 e. The second-order valence-corrected chi connectivity index (χ2v) is 5.68. The van der Waals surface area contributed by atoms with Gasteiger partial charge in [-0.15, -0.1) is 0 Å². The van der Waals surface area contributed by atoms with Gasteiger partial charge in [0.25, 0.3) is 0 Å². The molecule has 18 heavy (non-hydrogen) atoms. The molecule has 1 atom stereocenters. The van der Waals surface area contributed by atoms with Crippen LogP contribution in [-0.2, 0) is 14.3 Å². The van der Waals surface area contributed by atoms with Crippen LogP contribution in [0.4, 0.5) is 0 Å². The van der Waals surface area contributed by atoms with E-state index in [1.54, 1.807) is 0 Å². The van der Waals surface area contributed by atoms with Gasteiger partial charge in [-0.2, -0.15) is 0 Å². The van der Waals surface area contributed by atoms with Gasteiger partial charge in [0.1, 0.15) is 19.6 Å². The van der Waals surface area contributed by atoms with Crippen LogP contribution in [0.1, 0.15) is 20.3 Å². The molecule has 0 bridgehead atoms. The maximum Gasteiger partial charge on any atom is 0.338 e. The Kier molecular flexibility index (Phi) is 5.00. The Morgan fingerprint density at radius 3 is 2.50 bits per heavy atom. The van der Waals surface area contributed by atoms with E-state index in [2.05, 4.69) is 0 Å². The molecule has 1 spiro atoms. The molecule has 0 aromatic carbocycles. The molecule has 106 valence electrons. The van der Waals surface area contributed by atoms with Crippen molar-refractivity contribution >= 4 is 5.97 Å². The van der Waals surface area contributed by atoms with Gasteiger partial charge in [-0.05, 0) is 13.8 Å². The average molecular weight is 280 g/mol. The zero-order valence-corrected chi connectivity index (χ0v) is 11.8. The molecule has 2 heterocycles. The Hall–Kier alpha value is -0.360. The van der Waals surface area contributed by atoms with Gasteiger partial charge in [-0.25, -0.2) is 4.79 Å². The molecular weight excluding hydrogens is 258 g/mol. The topological polar surface area (TPSA) is 55.8 Å². The third-order valence-electron chi connectivity index (χ3n) is 3.71. The van der Waals surface area contributed by atoms with Crippen molar-refractivity contribution < 1.29 is 36.3 Å². The fraction of sp³-hybridized carbons (Fsp3) is 0.917. The van der Waals surface area contributed by atoms with Gasteiger partial charge in [0.2, 0.25) is 0 Å². The fourth-order valence-corrected chi connectivity index (χ4v) is 2.56. The van der Waals surface area contributed by atoms with E-state index in [1.807, 2.05) is 0 Å². The summed E-state index contributed by atoms with van der Waals surface area (Å²) >= 11 is 0. The summed E-state index contributed by atoms with van der Waals surface area (Å²) in [5.74, 6) is -0.518. The van der Waals surface area contributed by atoms with Crippen LogP contribution in [0.15, 0.2) is 0 Å². The Morgan fingerprint density at radius 2 is 1.94 bits per heavy atom. The highest BCUT2D eigenvalue weighted by Gasteiger charge is 2.42. The number of nitrogens with zero attached hydrogens (tertiary/aromatic N) is 1. The molecule has 2 rings (SSSR count). The monoisotopic (exact) mass is 279 g/mol. The zero-order chi connectivity index (χ0) is 12.5. The minimum atomic E-state index is -1.39. The maximum absolute atomic E-state index is 11.6. The number of carbonyl (C=O) groups is 1. The van der Waals surface area contributed by atoms with E-state index >= 15 is 0 Å². The lowest BCUT2D eigenvalue weighted by Gasteiger charge is -2.37. The molecule has 6 heteroatoms. The van der Waals surface area contributed by atoms with Crippen molar-refractivity contribution in [1.29, 1.82) is 0 Å². The standard InChI is InChI=1S/C12H22NO4.ClH/c1-12(2,15)11(14)17-10-3-4-13(9-10)5-7-16-8-6-13;/h10,15H,3-9H2,1-2H3;1H/q+1;/p-1. The maximum atomic E-state index is 11.6. The molecule has 0 aliphatic carbocycles. The molecule has 1 N–H and O–H groups in total. The Labute approximate surface area is 114 Å². The minimum absolute atomic E-state index is 0. The Balaban J connectivity index is 0.00000162. The van der Waals surface area contributed by atoms with Crippen LogP contribution in [-0.4, -0.2) is 66.7 Å². The van der Waals surface area contributed by atoms with Crippen LogP contribution < -0.4 is 12.4 Å². The number of halogens is 1. The first-order valence-electron chi connectivity index (χ1n) is 6.28. The number of quaternary nitrogens is 1. The smallest absolute Gasteiger partial charge is 0.338 e.